The van der Waals surface area contributed by atoms with Crippen LogP contribution in [-0.2, 0) is 6.54 Å². The molecule has 2 aromatic heterocycles. The number of aliphatic hydroxyl groups excluding tert-OH is 1. The summed E-state index contributed by atoms with van der Waals surface area (Å²) in [7, 11) is 0. The Morgan fingerprint density at radius 2 is 2.30 bits per heavy atom. The molecule has 0 saturated carbocycles. The van der Waals surface area contributed by atoms with Crippen molar-refractivity contribution in [1.82, 2.24) is 25.4 Å². The second kappa shape index (κ2) is 7.06. The van der Waals surface area contributed by atoms with Gasteiger partial charge in [0.1, 0.15) is 0 Å². The summed E-state index contributed by atoms with van der Waals surface area (Å²) in [5.41, 5.74) is 0.941. The minimum Gasteiger partial charge on any atom is -0.396 e. The second-order valence-electron chi connectivity index (χ2n) is 5.47. The van der Waals surface area contributed by atoms with Gasteiger partial charge in [-0.3, -0.25) is 0 Å². The highest BCUT2D eigenvalue weighted by atomic mass is 16.3. The van der Waals surface area contributed by atoms with Crippen LogP contribution in [0.25, 0.3) is 5.82 Å². The number of urea groups is 1. The van der Waals surface area contributed by atoms with E-state index in [4.69, 9.17) is 5.11 Å². The highest BCUT2D eigenvalue weighted by Gasteiger charge is 2.19. The SMILES string of the molecule is O=C(NCc1ccnc(-n2cccn2)c1)N[C@@H]1C=C[C@H](CO)C1. The van der Waals surface area contributed by atoms with Crippen LogP contribution >= 0.6 is 0 Å². The maximum absolute atomic E-state index is 11.9. The van der Waals surface area contributed by atoms with Crippen molar-refractivity contribution in [2.24, 2.45) is 5.92 Å². The number of carbonyl (C=O) groups excluding carboxylic acids is 1. The fourth-order valence-electron chi connectivity index (χ4n) is 2.52. The number of aliphatic hydroxyl groups is 1. The number of nitrogens with one attached hydrogen (secondary N) is 2. The first kappa shape index (κ1) is 15.2. The number of amides is 2. The Labute approximate surface area is 134 Å². The van der Waals surface area contributed by atoms with E-state index < -0.39 is 0 Å². The summed E-state index contributed by atoms with van der Waals surface area (Å²) < 4.78 is 1.67. The van der Waals surface area contributed by atoms with Crippen LogP contribution in [0.5, 0.6) is 0 Å². The summed E-state index contributed by atoms with van der Waals surface area (Å²) in [6, 6.07) is 5.31. The summed E-state index contributed by atoms with van der Waals surface area (Å²) >= 11 is 0. The fraction of sp³-hybridized carbons (Fsp3) is 0.312. The van der Waals surface area contributed by atoms with E-state index >= 15 is 0 Å². The topological polar surface area (TPSA) is 92.1 Å². The van der Waals surface area contributed by atoms with Gasteiger partial charge in [0.25, 0.3) is 0 Å². The molecule has 0 unspecified atom stereocenters. The van der Waals surface area contributed by atoms with E-state index in [1.165, 1.54) is 0 Å². The lowest BCUT2D eigenvalue weighted by molar-refractivity contribution is 0.231. The van der Waals surface area contributed by atoms with Gasteiger partial charge < -0.3 is 15.7 Å². The normalized spacial score (nSPS) is 19.7. The fourth-order valence-corrected chi connectivity index (χ4v) is 2.52. The molecule has 0 spiro atoms. The molecule has 2 heterocycles. The maximum atomic E-state index is 11.9. The Kier molecular flexibility index (Phi) is 4.68. The molecular formula is C16H19N5O2. The standard InChI is InChI=1S/C16H19N5O2/c22-11-13-2-3-14(8-13)20-16(23)18-10-12-4-6-17-15(9-12)21-7-1-5-19-21/h1-7,9,13-14,22H,8,10-11H2,(H2,18,20,23)/t13-,14+/m0/s1. The molecule has 0 aromatic carbocycles. The van der Waals surface area contributed by atoms with Crippen molar-refractivity contribution in [3.8, 4) is 5.82 Å². The van der Waals surface area contributed by atoms with Gasteiger partial charge >= 0.3 is 6.03 Å². The van der Waals surface area contributed by atoms with Crippen LogP contribution in [0.1, 0.15) is 12.0 Å². The number of aromatic nitrogens is 3. The third-order valence-electron chi connectivity index (χ3n) is 3.73. The number of hydrogen-bond acceptors (Lipinski definition) is 4. The molecule has 23 heavy (non-hydrogen) atoms. The third kappa shape index (κ3) is 3.95. The number of hydrogen-bond donors (Lipinski definition) is 3. The zero-order chi connectivity index (χ0) is 16.1. The summed E-state index contributed by atoms with van der Waals surface area (Å²) in [6.07, 6.45) is 9.79. The van der Waals surface area contributed by atoms with E-state index in [0.717, 1.165) is 12.0 Å². The highest BCUT2D eigenvalue weighted by molar-refractivity contribution is 5.74. The molecule has 0 fully saturated rings. The first-order valence-electron chi connectivity index (χ1n) is 7.53. The molecule has 2 atom stereocenters. The number of rotatable bonds is 5. The predicted octanol–water partition coefficient (Wildman–Crippen LogP) is 1.00. The van der Waals surface area contributed by atoms with Gasteiger partial charge in [0, 0.05) is 43.7 Å². The summed E-state index contributed by atoms with van der Waals surface area (Å²) in [5.74, 6) is 0.844. The zero-order valence-electron chi connectivity index (χ0n) is 12.6. The molecule has 0 bridgehead atoms. The monoisotopic (exact) mass is 313 g/mol. The number of carbonyl (C=O) groups is 1. The van der Waals surface area contributed by atoms with Crippen molar-refractivity contribution in [1.29, 1.82) is 0 Å². The average Bonchev–Trinajstić information content (AvgIpc) is 3.25. The Morgan fingerprint density at radius 3 is 3.04 bits per heavy atom. The molecule has 3 rings (SSSR count). The van der Waals surface area contributed by atoms with Gasteiger partial charge in [-0.2, -0.15) is 5.10 Å². The lowest BCUT2D eigenvalue weighted by Gasteiger charge is -2.13. The van der Waals surface area contributed by atoms with E-state index in [1.54, 1.807) is 17.1 Å². The molecule has 7 heteroatoms. The van der Waals surface area contributed by atoms with Gasteiger partial charge in [0.05, 0.1) is 0 Å². The van der Waals surface area contributed by atoms with Crippen molar-refractivity contribution in [2.75, 3.05) is 6.61 Å². The second-order valence-corrected chi connectivity index (χ2v) is 5.47. The summed E-state index contributed by atoms with van der Waals surface area (Å²) in [4.78, 5) is 16.2. The van der Waals surface area contributed by atoms with E-state index in [-0.39, 0.29) is 24.6 Å². The van der Waals surface area contributed by atoms with E-state index in [2.05, 4.69) is 20.7 Å². The Morgan fingerprint density at radius 1 is 1.39 bits per heavy atom. The van der Waals surface area contributed by atoms with Crippen LogP contribution in [0, 0.1) is 5.92 Å². The molecule has 3 N–H and O–H groups in total. The predicted molar refractivity (Wildman–Crippen MR) is 84.9 cm³/mol. The van der Waals surface area contributed by atoms with Crippen LogP contribution in [0.15, 0.2) is 48.9 Å². The molecule has 1 aliphatic rings. The Balaban J connectivity index is 1.51. The van der Waals surface area contributed by atoms with Crippen molar-refractivity contribution in [3.05, 3.63) is 54.5 Å². The molecule has 1 aliphatic carbocycles. The maximum Gasteiger partial charge on any atom is 0.315 e. The first-order valence-corrected chi connectivity index (χ1v) is 7.53. The van der Waals surface area contributed by atoms with Crippen LogP contribution < -0.4 is 10.6 Å². The van der Waals surface area contributed by atoms with Crippen LogP contribution in [-0.4, -0.2) is 38.6 Å². The Bertz CT molecular complexity index is 684. The molecule has 7 nitrogen and oxygen atoms in total. The Hall–Kier alpha value is -2.67. The van der Waals surface area contributed by atoms with Crippen molar-refractivity contribution >= 4 is 6.03 Å². The number of nitrogens with zero attached hydrogens (tertiary/aromatic N) is 3. The number of pyridine rings is 1. The largest absolute Gasteiger partial charge is 0.396 e. The van der Waals surface area contributed by atoms with Crippen LogP contribution in [0.4, 0.5) is 4.79 Å². The van der Waals surface area contributed by atoms with Crippen LogP contribution in [0.3, 0.4) is 0 Å². The average molecular weight is 313 g/mol. The minimum atomic E-state index is -0.226. The van der Waals surface area contributed by atoms with E-state index in [0.29, 0.717) is 12.4 Å². The zero-order valence-corrected chi connectivity index (χ0v) is 12.6. The molecule has 2 aromatic rings. The van der Waals surface area contributed by atoms with Gasteiger partial charge in [-0.25, -0.2) is 14.5 Å². The summed E-state index contributed by atoms with van der Waals surface area (Å²) in [5, 5.41) is 18.9. The quantitative estimate of drug-likeness (QED) is 0.718. The van der Waals surface area contributed by atoms with Gasteiger partial charge in [0.2, 0.25) is 0 Å². The lowest BCUT2D eigenvalue weighted by Crippen LogP contribution is -2.40. The van der Waals surface area contributed by atoms with Gasteiger partial charge in [0.15, 0.2) is 5.82 Å². The minimum absolute atomic E-state index is 0.0239. The van der Waals surface area contributed by atoms with Crippen molar-refractivity contribution in [2.45, 2.75) is 19.0 Å². The molecule has 2 amide bonds. The summed E-state index contributed by atoms with van der Waals surface area (Å²) in [6.45, 7) is 0.520. The lowest BCUT2D eigenvalue weighted by atomic mass is 10.1. The third-order valence-corrected chi connectivity index (χ3v) is 3.73. The van der Waals surface area contributed by atoms with Gasteiger partial charge in [-0.05, 0) is 30.2 Å². The van der Waals surface area contributed by atoms with Gasteiger partial charge in [-0.15, -0.1) is 0 Å². The van der Waals surface area contributed by atoms with E-state index in [9.17, 15) is 4.79 Å². The molecule has 0 aliphatic heterocycles. The van der Waals surface area contributed by atoms with Crippen LogP contribution in [0.2, 0.25) is 0 Å². The molecule has 120 valence electrons. The molecule has 0 saturated heterocycles. The molecule has 0 radical (unpaired) electrons. The van der Waals surface area contributed by atoms with Crippen molar-refractivity contribution in [3.63, 3.8) is 0 Å². The molecular weight excluding hydrogens is 294 g/mol. The van der Waals surface area contributed by atoms with Gasteiger partial charge in [-0.1, -0.05) is 12.2 Å². The smallest absolute Gasteiger partial charge is 0.315 e. The van der Waals surface area contributed by atoms with Crippen molar-refractivity contribution < 1.29 is 9.90 Å². The highest BCUT2D eigenvalue weighted by Crippen LogP contribution is 2.16. The van der Waals surface area contributed by atoms with E-state index in [1.807, 2.05) is 36.5 Å². The first-order chi connectivity index (χ1) is 11.2.